The van der Waals surface area contributed by atoms with E-state index in [2.05, 4.69) is 4.90 Å². The largest absolute Gasteiger partial charge is 0.360 e. The number of aryl methyl sites for hydroxylation is 1. The number of fused-ring (bicyclic) bond motifs is 1. The number of hydrogen-bond donors (Lipinski definition) is 1. The number of hydroxylamine groups is 1. The van der Waals surface area contributed by atoms with E-state index in [4.69, 9.17) is 4.99 Å². The van der Waals surface area contributed by atoms with E-state index in [0.717, 1.165) is 52.5 Å². The third kappa shape index (κ3) is 4.37. The molecule has 164 valence electrons. The normalized spacial score (nSPS) is 21.1. The average molecular weight is 438 g/mol. The second kappa shape index (κ2) is 8.67. The van der Waals surface area contributed by atoms with Crippen LogP contribution in [0.15, 0.2) is 46.3 Å². The fourth-order valence-electron chi connectivity index (χ4n) is 4.57. The van der Waals surface area contributed by atoms with E-state index >= 15 is 0 Å². The van der Waals surface area contributed by atoms with Gasteiger partial charge in [0.15, 0.2) is 5.78 Å². The van der Waals surface area contributed by atoms with Gasteiger partial charge in [-0.05, 0) is 76.0 Å². The van der Waals surface area contributed by atoms with Gasteiger partial charge >= 0.3 is 0 Å². The van der Waals surface area contributed by atoms with Crippen molar-refractivity contribution in [3.8, 4) is 0 Å². The van der Waals surface area contributed by atoms with Crippen LogP contribution in [0, 0.1) is 18.8 Å². The standard InChI is InChI=1S/C25H31N3O2S/c1-15-10-21(16(2)28(30)23-8-6-7-9-24(23)31-5)25(22(11-15)17(3)29)26-18(4)27-13-19-12-20(19)14-27/h6-11,16,19-20,30H,12-14H2,1-5H3/b26-18+. The minimum Gasteiger partial charge on any atom is -0.360 e. The maximum atomic E-state index is 12.5. The summed E-state index contributed by atoms with van der Waals surface area (Å²) >= 11 is 1.59. The maximum absolute atomic E-state index is 12.5. The number of likely N-dealkylation sites (tertiary alicyclic amines) is 1. The molecule has 2 aromatic rings. The molecule has 0 aromatic heterocycles. The van der Waals surface area contributed by atoms with Crippen LogP contribution in [0.1, 0.15) is 54.7 Å². The van der Waals surface area contributed by atoms with Crippen LogP contribution in [-0.2, 0) is 0 Å². The van der Waals surface area contributed by atoms with Crippen molar-refractivity contribution in [3.63, 3.8) is 0 Å². The molecule has 0 radical (unpaired) electrons. The summed E-state index contributed by atoms with van der Waals surface area (Å²) in [7, 11) is 0. The molecule has 1 heterocycles. The van der Waals surface area contributed by atoms with E-state index in [9.17, 15) is 10.0 Å². The molecule has 4 rings (SSSR count). The van der Waals surface area contributed by atoms with Crippen LogP contribution in [0.5, 0.6) is 0 Å². The van der Waals surface area contributed by atoms with Gasteiger partial charge in [-0.1, -0.05) is 18.2 Å². The Bertz CT molecular complexity index is 1030. The first kappa shape index (κ1) is 21.9. The Morgan fingerprint density at radius 3 is 2.55 bits per heavy atom. The lowest BCUT2D eigenvalue weighted by atomic mass is 9.96. The first-order chi connectivity index (χ1) is 14.8. The smallest absolute Gasteiger partial charge is 0.161 e. The summed E-state index contributed by atoms with van der Waals surface area (Å²) in [5, 5.41) is 12.5. The molecule has 0 amide bonds. The summed E-state index contributed by atoms with van der Waals surface area (Å²) in [4.78, 5) is 20.8. The molecule has 31 heavy (non-hydrogen) atoms. The van der Waals surface area contributed by atoms with Crippen LogP contribution in [0.25, 0.3) is 0 Å². The number of nitrogens with zero attached hydrogens (tertiary/aromatic N) is 3. The number of amidine groups is 1. The number of ketones is 1. The van der Waals surface area contributed by atoms with Crippen molar-refractivity contribution in [3.05, 3.63) is 53.1 Å². The van der Waals surface area contributed by atoms with Crippen LogP contribution in [0.3, 0.4) is 0 Å². The third-order valence-electron chi connectivity index (χ3n) is 6.52. The van der Waals surface area contributed by atoms with Crippen molar-refractivity contribution < 1.29 is 10.0 Å². The molecule has 3 atom stereocenters. The number of Topliss-reactive ketones (excluding diaryl/α,β-unsaturated/α-hetero) is 1. The summed E-state index contributed by atoms with van der Waals surface area (Å²) in [5.41, 5.74) is 3.87. The summed E-state index contributed by atoms with van der Waals surface area (Å²) in [6, 6.07) is 11.4. The van der Waals surface area contributed by atoms with Crippen LogP contribution in [0.4, 0.5) is 11.4 Å². The highest BCUT2D eigenvalue weighted by Gasteiger charge is 2.45. The number of thioether (sulfide) groups is 1. The van der Waals surface area contributed by atoms with Gasteiger partial charge in [0.25, 0.3) is 0 Å². The van der Waals surface area contributed by atoms with Crippen molar-refractivity contribution in [2.45, 2.75) is 45.1 Å². The Balaban J connectivity index is 1.76. The molecule has 2 fully saturated rings. The lowest BCUT2D eigenvalue weighted by molar-refractivity contribution is 0.101. The Morgan fingerprint density at radius 2 is 1.90 bits per heavy atom. The maximum Gasteiger partial charge on any atom is 0.161 e. The third-order valence-corrected chi connectivity index (χ3v) is 7.31. The number of benzene rings is 2. The molecule has 0 bridgehead atoms. The van der Waals surface area contributed by atoms with Crippen LogP contribution < -0.4 is 5.06 Å². The van der Waals surface area contributed by atoms with Gasteiger partial charge in [0.1, 0.15) is 5.84 Å². The fraction of sp³-hybridized carbons (Fsp3) is 0.440. The van der Waals surface area contributed by atoms with Crippen LogP contribution in [-0.4, -0.2) is 41.1 Å². The molecule has 5 nitrogen and oxygen atoms in total. The van der Waals surface area contributed by atoms with Gasteiger partial charge in [0.05, 0.1) is 17.4 Å². The average Bonchev–Trinajstić information content (AvgIpc) is 3.37. The van der Waals surface area contributed by atoms with Crippen molar-refractivity contribution in [1.29, 1.82) is 0 Å². The molecule has 1 saturated heterocycles. The zero-order valence-corrected chi connectivity index (χ0v) is 19.7. The van der Waals surface area contributed by atoms with E-state index in [0.29, 0.717) is 11.3 Å². The summed E-state index contributed by atoms with van der Waals surface area (Å²) < 4.78 is 0. The number of carbonyl (C=O) groups is 1. The van der Waals surface area contributed by atoms with Crippen LogP contribution >= 0.6 is 11.8 Å². The molecular formula is C25H31N3O2S. The van der Waals surface area contributed by atoms with E-state index < -0.39 is 0 Å². The second-order valence-corrected chi connectivity index (χ2v) is 9.67. The Hall–Kier alpha value is -2.31. The molecule has 2 aromatic carbocycles. The monoisotopic (exact) mass is 437 g/mol. The van der Waals surface area contributed by atoms with Crippen molar-refractivity contribution in [1.82, 2.24) is 4.90 Å². The zero-order valence-electron chi connectivity index (χ0n) is 18.9. The highest BCUT2D eigenvalue weighted by Crippen LogP contribution is 2.45. The van der Waals surface area contributed by atoms with Crippen LogP contribution in [0.2, 0.25) is 0 Å². The zero-order chi connectivity index (χ0) is 22.3. The molecule has 2 aliphatic rings. The van der Waals surface area contributed by atoms with E-state index in [1.807, 2.05) is 63.4 Å². The molecule has 6 heteroatoms. The molecule has 1 aliphatic heterocycles. The van der Waals surface area contributed by atoms with Gasteiger partial charge in [-0.15, -0.1) is 11.8 Å². The number of anilines is 1. The first-order valence-electron chi connectivity index (χ1n) is 10.9. The van der Waals surface area contributed by atoms with E-state index in [-0.39, 0.29) is 11.8 Å². The number of para-hydroxylation sites is 1. The second-order valence-electron chi connectivity index (χ2n) is 8.82. The first-order valence-corrected chi connectivity index (χ1v) is 12.1. The number of hydrogen-bond acceptors (Lipinski definition) is 5. The Labute approximate surface area is 189 Å². The molecule has 1 N–H and O–H groups in total. The Kier molecular flexibility index (Phi) is 6.13. The lowest BCUT2D eigenvalue weighted by Gasteiger charge is -2.29. The van der Waals surface area contributed by atoms with Gasteiger partial charge in [-0.3, -0.25) is 10.0 Å². The highest BCUT2D eigenvalue weighted by molar-refractivity contribution is 7.98. The van der Waals surface area contributed by atoms with Crippen molar-refractivity contribution in [2.24, 2.45) is 16.8 Å². The fourth-order valence-corrected chi connectivity index (χ4v) is 5.16. The SMILES string of the molecule is CSc1ccccc1N(O)C(C)c1cc(C)cc(C(C)=O)c1/N=C(\C)N1CC2CC2C1. The summed E-state index contributed by atoms with van der Waals surface area (Å²) in [6.45, 7) is 9.66. The summed E-state index contributed by atoms with van der Waals surface area (Å²) in [5.74, 6) is 2.55. The van der Waals surface area contributed by atoms with Gasteiger partial charge in [0.2, 0.25) is 0 Å². The summed E-state index contributed by atoms with van der Waals surface area (Å²) in [6.07, 6.45) is 3.33. The highest BCUT2D eigenvalue weighted by atomic mass is 32.2. The predicted octanol–water partition coefficient (Wildman–Crippen LogP) is 5.88. The number of piperidine rings is 1. The minimum absolute atomic E-state index is 0.0121. The van der Waals surface area contributed by atoms with Gasteiger partial charge < -0.3 is 4.90 Å². The van der Waals surface area contributed by atoms with Gasteiger partial charge in [-0.25, -0.2) is 10.1 Å². The van der Waals surface area contributed by atoms with E-state index in [1.165, 1.54) is 11.5 Å². The van der Waals surface area contributed by atoms with Crippen molar-refractivity contribution in [2.75, 3.05) is 24.4 Å². The van der Waals surface area contributed by atoms with Gasteiger partial charge in [0, 0.05) is 29.1 Å². The molecule has 1 aliphatic carbocycles. The van der Waals surface area contributed by atoms with Gasteiger partial charge in [-0.2, -0.15) is 0 Å². The molecule has 3 unspecified atom stereocenters. The van der Waals surface area contributed by atoms with E-state index in [1.54, 1.807) is 18.7 Å². The molecule has 1 saturated carbocycles. The lowest BCUT2D eigenvalue weighted by Crippen LogP contribution is -2.28. The quantitative estimate of drug-likeness (QED) is 0.201. The topological polar surface area (TPSA) is 56.1 Å². The number of carbonyl (C=O) groups excluding carboxylic acids is 1. The number of rotatable bonds is 6. The Morgan fingerprint density at radius 1 is 1.23 bits per heavy atom. The molecule has 0 spiro atoms. The minimum atomic E-state index is -0.371. The molecular weight excluding hydrogens is 406 g/mol. The van der Waals surface area contributed by atoms with Crippen molar-refractivity contribution >= 4 is 34.8 Å². The number of aliphatic imine (C=N–C) groups is 1. The predicted molar refractivity (Wildman–Crippen MR) is 128 cm³/mol.